The number of aromatic nitrogens is 3. The van der Waals surface area contributed by atoms with Crippen LogP contribution in [0.2, 0.25) is 0 Å². The molecule has 1 fully saturated rings. The van der Waals surface area contributed by atoms with Crippen LogP contribution in [0.1, 0.15) is 34.2 Å². The van der Waals surface area contributed by atoms with Crippen LogP contribution in [-0.2, 0) is 13.2 Å². The highest BCUT2D eigenvalue weighted by molar-refractivity contribution is 5.57. The lowest BCUT2D eigenvalue weighted by Crippen LogP contribution is -2.21. The highest BCUT2D eigenvalue weighted by atomic mass is 19.1. The van der Waals surface area contributed by atoms with E-state index in [0.717, 1.165) is 47.5 Å². The second-order valence-electron chi connectivity index (χ2n) is 8.23. The molecule has 1 aromatic carbocycles. The molecule has 158 valence electrons. The van der Waals surface area contributed by atoms with E-state index in [1.54, 1.807) is 6.20 Å². The van der Waals surface area contributed by atoms with E-state index in [4.69, 9.17) is 0 Å². The Morgan fingerprint density at radius 2 is 1.90 bits per heavy atom. The van der Waals surface area contributed by atoms with Crippen LogP contribution in [0.5, 0.6) is 0 Å². The van der Waals surface area contributed by atoms with Crippen molar-refractivity contribution in [3.05, 3.63) is 64.6 Å². The predicted octanol–water partition coefficient (Wildman–Crippen LogP) is 3.97. The lowest BCUT2D eigenvalue weighted by molar-refractivity contribution is 0.174. The summed E-state index contributed by atoms with van der Waals surface area (Å²) >= 11 is 0. The first kappa shape index (κ1) is 20.5. The van der Waals surface area contributed by atoms with Gasteiger partial charge in [0, 0.05) is 49.5 Å². The molecule has 1 aliphatic heterocycles. The van der Waals surface area contributed by atoms with Crippen LogP contribution in [0, 0.1) is 20.8 Å². The highest BCUT2D eigenvalue weighted by Crippen LogP contribution is 2.23. The third-order valence-electron chi connectivity index (χ3n) is 5.48. The molecule has 1 aliphatic rings. The van der Waals surface area contributed by atoms with Gasteiger partial charge in [0.2, 0.25) is 5.95 Å². The molecule has 0 amide bonds. The molecule has 0 spiro atoms. The molecular formula is C23H28FN5O. The predicted molar refractivity (Wildman–Crippen MR) is 116 cm³/mol. The Balaban J connectivity index is 1.61. The van der Waals surface area contributed by atoms with Gasteiger partial charge in [-0.25, -0.2) is 9.37 Å². The van der Waals surface area contributed by atoms with Crippen LogP contribution in [0.3, 0.4) is 0 Å². The smallest absolute Gasteiger partial charge is 0.229 e. The molecule has 0 aliphatic carbocycles. The van der Waals surface area contributed by atoms with Crippen LogP contribution in [0.15, 0.2) is 36.8 Å². The number of anilines is 2. The SMILES string of the molecule is Cc1cc(C)cc(Nc2ncc(CF)c(-n3cc(C)c(CN4CC[C@@H](O)C4)c3)n2)c1. The van der Waals surface area contributed by atoms with Gasteiger partial charge in [0.05, 0.1) is 6.10 Å². The fourth-order valence-electron chi connectivity index (χ4n) is 4.03. The van der Waals surface area contributed by atoms with E-state index in [-0.39, 0.29) is 6.10 Å². The number of aliphatic hydroxyl groups excluding tert-OH is 1. The van der Waals surface area contributed by atoms with Crippen molar-refractivity contribution >= 4 is 11.6 Å². The molecule has 0 bridgehead atoms. The molecule has 1 saturated heterocycles. The maximum absolute atomic E-state index is 13.7. The maximum Gasteiger partial charge on any atom is 0.229 e. The van der Waals surface area contributed by atoms with Gasteiger partial charge in [0.1, 0.15) is 12.5 Å². The average molecular weight is 410 g/mol. The summed E-state index contributed by atoms with van der Waals surface area (Å²) in [4.78, 5) is 11.1. The van der Waals surface area contributed by atoms with Gasteiger partial charge >= 0.3 is 0 Å². The van der Waals surface area contributed by atoms with Crippen molar-refractivity contribution in [3.8, 4) is 5.82 Å². The topological polar surface area (TPSA) is 66.2 Å². The van der Waals surface area contributed by atoms with Gasteiger partial charge < -0.3 is 15.0 Å². The first-order valence-electron chi connectivity index (χ1n) is 10.3. The second kappa shape index (κ2) is 8.53. The number of nitrogens with one attached hydrogen (secondary N) is 1. The third-order valence-corrected chi connectivity index (χ3v) is 5.48. The number of alkyl halides is 1. The van der Waals surface area contributed by atoms with Crippen molar-refractivity contribution in [2.45, 2.75) is 46.5 Å². The van der Waals surface area contributed by atoms with E-state index in [0.29, 0.717) is 23.9 Å². The van der Waals surface area contributed by atoms with Gasteiger partial charge in [-0.2, -0.15) is 4.98 Å². The number of aliphatic hydroxyl groups is 1. The number of hydrogen-bond acceptors (Lipinski definition) is 5. The molecule has 3 heterocycles. The summed E-state index contributed by atoms with van der Waals surface area (Å²) in [5.74, 6) is 0.970. The molecule has 7 heteroatoms. The molecule has 6 nitrogen and oxygen atoms in total. The molecule has 2 aromatic heterocycles. The zero-order valence-corrected chi connectivity index (χ0v) is 17.7. The third kappa shape index (κ3) is 4.52. The van der Waals surface area contributed by atoms with Crippen LogP contribution >= 0.6 is 0 Å². The Kier molecular flexibility index (Phi) is 5.83. The summed E-state index contributed by atoms with van der Waals surface area (Å²) in [6.07, 6.45) is 6.09. The van der Waals surface area contributed by atoms with Crippen molar-refractivity contribution in [3.63, 3.8) is 0 Å². The number of likely N-dealkylation sites (tertiary alicyclic amines) is 1. The number of halogens is 1. The zero-order valence-electron chi connectivity index (χ0n) is 17.7. The molecule has 0 unspecified atom stereocenters. The van der Waals surface area contributed by atoms with E-state index in [9.17, 15) is 9.50 Å². The standard InChI is InChI=1S/C23H28FN5O/c1-15-6-16(2)8-20(7-15)26-23-25-10-18(9-24)22(27-23)29-11-17(3)19(13-29)12-28-5-4-21(30)14-28/h6-8,10-11,13,21,30H,4-5,9,12,14H2,1-3H3,(H,25,26,27)/t21-/m1/s1. The maximum atomic E-state index is 13.7. The Labute approximate surface area is 176 Å². The monoisotopic (exact) mass is 409 g/mol. The summed E-state index contributed by atoms with van der Waals surface area (Å²) in [6.45, 7) is 7.84. The van der Waals surface area contributed by atoms with Crippen LogP contribution in [-0.4, -0.2) is 43.7 Å². The fraction of sp³-hybridized carbons (Fsp3) is 0.391. The van der Waals surface area contributed by atoms with Gasteiger partial charge in [-0.1, -0.05) is 6.07 Å². The Morgan fingerprint density at radius 1 is 1.13 bits per heavy atom. The number of aryl methyl sites for hydroxylation is 3. The Bertz CT molecular complexity index is 1030. The first-order chi connectivity index (χ1) is 14.4. The Hall–Kier alpha value is -2.77. The van der Waals surface area contributed by atoms with Crippen molar-refractivity contribution in [2.75, 3.05) is 18.4 Å². The molecule has 2 N–H and O–H groups in total. The fourth-order valence-corrected chi connectivity index (χ4v) is 4.03. The van der Waals surface area contributed by atoms with E-state index < -0.39 is 6.67 Å². The Morgan fingerprint density at radius 3 is 2.57 bits per heavy atom. The van der Waals surface area contributed by atoms with Gasteiger partial charge in [0.25, 0.3) is 0 Å². The highest BCUT2D eigenvalue weighted by Gasteiger charge is 2.21. The van der Waals surface area contributed by atoms with Gasteiger partial charge in [0.15, 0.2) is 0 Å². The minimum atomic E-state index is -0.635. The van der Waals surface area contributed by atoms with Gasteiger partial charge in [-0.05, 0) is 61.6 Å². The molecule has 4 rings (SSSR count). The van der Waals surface area contributed by atoms with Gasteiger partial charge in [-0.3, -0.25) is 4.90 Å². The summed E-state index contributed by atoms with van der Waals surface area (Å²) in [5.41, 5.74) is 5.91. The molecule has 0 radical (unpaired) electrons. The number of benzene rings is 1. The summed E-state index contributed by atoms with van der Waals surface area (Å²) in [7, 11) is 0. The average Bonchev–Trinajstić information content (AvgIpc) is 3.26. The minimum absolute atomic E-state index is 0.244. The van der Waals surface area contributed by atoms with Crippen molar-refractivity contribution in [1.29, 1.82) is 0 Å². The summed E-state index contributed by atoms with van der Waals surface area (Å²) in [6, 6.07) is 6.16. The van der Waals surface area contributed by atoms with E-state index in [1.807, 2.05) is 49.9 Å². The largest absolute Gasteiger partial charge is 0.392 e. The molecule has 30 heavy (non-hydrogen) atoms. The number of β-amino-alcohol motifs (C(OH)–C–C–N with tert-alkyl or cyclic N) is 1. The number of hydrogen-bond donors (Lipinski definition) is 2. The van der Waals surface area contributed by atoms with E-state index in [2.05, 4.69) is 26.3 Å². The molecule has 3 aromatic rings. The summed E-state index contributed by atoms with van der Waals surface area (Å²) in [5, 5.41) is 13.0. The minimum Gasteiger partial charge on any atom is -0.392 e. The van der Waals surface area contributed by atoms with Crippen LogP contribution in [0.4, 0.5) is 16.0 Å². The molecule has 1 atom stereocenters. The lowest BCUT2D eigenvalue weighted by atomic mass is 10.1. The van der Waals surface area contributed by atoms with Crippen LogP contribution < -0.4 is 5.32 Å². The van der Waals surface area contributed by atoms with E-state index in [1.165, 1.54) is 0 Å². The number of rotatable bonds is 6. The van der Waals surface area contributed by atoms with Crippen LogP contribution in [0.25, 0.3) is 5.82 Å². The van der Waals surface area contributed by atoms with Crippen molar-refractivity contribution in [2.24, 2.45) is 0 Å². The van der Waals surface area contributed by atoms with E-state index >= 15 is 0 Å². The molecule has 0 saturated carbocycles. The zero-order chi connectivity index (χ0) is 21.3. The lowest BCUT2D eigenvalue weighted by Gasteiger charge is -2.14. The van der Waals surface area contributed by atoms with Crippen molar-refractivity contribution in [1.82, 2.24) is 19.4 Å². The summed E-state index contributed by atoms with van der Waals surface area (Å²) < 4.78 is 15.5. The molecular weight excluding hydrogens is 381 g/mol. The first-order valence-corrected chi connectivity index (χ1v) is 10.3. The second-order valence-corrected chi connectivity index (χ2v) is 8.23. The quantitative estimate of drug-likeness (QED) is 0.645. The normalized spacial score (nSPS) is 16.9. The van der Waals surface area contributed by atoms with Gasteiger partial charge in [-0.15, -0.1) is 0 Å². The number of nitrogens with zero attached hydrogens (tertiary/aromatic N) is 4. The van der Waals surface area contributed by atoms with Crippen molar-refractivity contribution < 1.29 is 9.50 Å².